The zero-order valence-electron chi connectivity index (χ0n) is 10.4. The van der Waals surface area contributed by atoms with E-state index in [0.717, 1.165) is 11.3 Å². The Labute approximate surface area is 111 Å². The van der Waals surface area contributed by atoms with Gasteiger partial charge >= 0.3 is 0 Å². The van der Waals surface area contributed by atoms with Gasteiger partial charge in [0.05, 0.1) is 12.1 Å². The molecule has 2 nitrogen and oxygen atoms in total. The molecule has 0 aliphatic rings. The van der Waals surface area contributed by atoms with Crippen molar-refractivity contribution in [1.29, 1.82) is 0 Å². The highest BCUT2D eigenvalue weighted by atomic mass is 19.1. The number of hydrogen-bond donors (Lipinski definition) is 0. The van der Waals surface area contributed by atoms with Crippen molar-refractivity contribution < 1.29 is 9.13 Å². The Morgan fingerprint density at radius 2 is 1.79 bits per heavy atom. The second-order valence-corrected chi connectivity index (χ2v) is 4.34. The van der Waals surface area contributed by atoms with Gasteiger partial charge in [0.15, 0.2) is 0 Å². The fourth-order valence-electron chi connectivity index (χ4n) is 2.16. The monoisotopic (exact) mass is 255 g/mol. The van der Waals surface area contributed by atoms with Gasteiger partial charge in [0.25, 0.3) is 0 Å². The third-order valence-electron chi connectivity index (χ3n) is 3.10. The van der Waals surface area contributed by atoms with Gasteiger partial charge in [0.1, 0.15) is 18.2 Å². The van der Waals surface area contributed by atoms with Gasteiger partial charge in [-0.2, -0.15) is 0 Å². The summed E-state index contributed by atoms with van der Waals surface area (Å²) in [5, 5.41) is 0.655. The summed E-state index contributed by atoms with van der Waals surface area (Å²) in [7, 11) is 0. The first kappa shape index (κ1) is 11.8. The normalized spacial score (nSPS) is 10.8. The van der Waals surface area contributed by atoms with Crippen LogP contribution in [0.3, 0.4) is 0 Å². The van der Waals surface area contributed by atoms with E-state index in [1.807, 2.05) is 47.2 Å². The Balaban J connectivity index is 1.71. The van der Waals surface area contributed by atoms with Crippen LogP contribution < -0.4 is 4.74 Å². The molecule has 3 rings (SSSR count). The zero-order valence-corrected chi connectivity index (χ0v) is 10.4. The molecule has 0 saturated carbocycles. The van der Waals surface area contributed by atoms with Crippen molar-refractivity contribution in [1.82, 2.24) is 4.57 Å². The van der Waals surface area contributed by atoms with Gasteiger partial charge < -0.3 is 9.30 Å². The summed E-state index contributed by atoms with van der Waals surface area (Å²) in [5.41, 5.74) is 0.900. The molecule has 0 radical (unpaired) electrons. The maximum Gasteiger partial charge on any atom is 0.132 e. The zero-order chi connectivity index (χ0) is 13.1. The van der Waals surface area contributed by atoms with Crippen LogP contribution in [0.5, 0.6) is 5.75 Å². The Morgan fingerprint density at radius 3 is 2.63 bits per heavy atom. The average molecular weight is 255 g/mol. The Kier molecular flexibility index (Phi) is 3.19. The largest absolute Gasteiger partial charge is 0.492 e. The van der Waals surface area contributed by atoms with E-state index in [9.17, 15) is 4.39 Å². The average Bonchev–Trinajstić information content (AvgIpc) is 2.85. The Hall–Kier alpha value is -2.29. The van der Waals surface area contributed by atoms with E-state index < -0.39 is 0 Å². The van der Waals surface area contributed by atoms with E-state index >= 15 is 0 Å². The molecule has 0 aliphatic heterocycles. The van der Waals surface area contributed by atoms with Crippen LogP contribution in [0.4, 0.5) is 4.39 Å². The maximum atomic E-state index is 13.5. The van der Waals surface area contributed by atoms with Gasteiger partial charge in [-0.3, -0.25) is 0 Å². The molecule has 0 aliphatic carbocycles. The summed E-state index contributed by atoms with van der Waals surface area (Å²) in [6.45, 7) is 1.26. The molecule has 1 aromatic heterocycles. The lowest BCUT2D eigenvalue weighted by Gasteiger charge is -2.08. The molecule has 0 amide bonds. The number of para-hydroxylation sites is 1. The smallest absolute Gasteiger partial charge is 0.132 e. The van der Waals surface area contributed by atoms with E-state index in [2.05, 4.69) is 0 Å². The Morgan fingerprint density at radius 1 is 0.947 bits per heavy atom. The topological polar surface area (TPSA) is 14.2 Å². The summed E-state index contributed by atoms with van der Waals surface area (Å²) >= 11 is 0. The van der Waals surface area contributed by atoms with Gasteiger partial charge in [-0.25, -0.2) is 4.39 Å². The number of ether oxygens (including phenoxy) is 1. The predicted molar refractivity (Wildman–Crippen MR) is 73.8 cm³/mol. The van der Waals surface area contributed by atoms with Crippen LogP contribution in [0.25, 0.3) is 10.9 Å². The number of hydrogen-bond acceptors (Lipinski definition) is 1. The van der Waals surface area contributed by atoms with Crippen LogP contribution in [0.2, 0.25) is 0 Å². The molecule has 3 heteroatoms. The van der Waals surface area contributed by atoms with Crippen molar-refractivity contribution in [3.05, 3.63) is 66.6 Å². The fraction of sp³-hybridized carbons (Fsp3) is 0.125. The van der Waals surface area contributed by atoms with Gasteiger partial charge in [-0.15, -0.1) is 0 Å². The first-order valence-electron chi connectivity index (χ1n) is 6.26. The summed E-state index contributed by atoms with van der Waals surface area (Å²) in [4.78, 5) is 0. The van der Waals surface area contributed by atoms with Crippen LogP contribution in [0.1, 0.15) is 0 Å². The van der Waals surface area contributed by atoms with Crippen molar-refractivity contribution in [2.45, 2.75) is 6.54 Å². The lowest BCUT2D eigenvalue weighted by molar-refractivity contribution is 0.300. The van der Waals surface area contributed by atoms with Crippen molar-refractivity contribution in [2.75, 3.05) is 6.61 Å². The highest BCUT2D eigenvalue weighted by molar-refractivity contribution is 5.80. The first-order chi connectivity index (χ1) is 9.34. The molecule has 96 valence electrons. The molecule has 0 fully saturated rings. The summed E-state index contributed by atoms with van der Waals surface area (Å²) in [6, 6.07) is 16.6. The quantitative estimate of drug-likeness (QED) is 0.690. The van der Waals surface area contributed by atoms with Crippen LogP contribution in [0, 0.1) is 5.82 Å². The molecule has 0 bridgehead atoms. The van der Waals surface area contributed by atoms with E-state index in [4.69, 9.17) is 4.74 Å². The number of aromatic nitrogens is 1. The number of fused-ring (bicyclic) bond motifs is 1. The molecule has 0 saturated heterocycles. The predicted octanol–water partition coefficient (Wildman–Crippen LogP) is 3.86. The SMILES string of the molecule is Fc1cccc2c1ccn2CCOc1ccccc1. The van der Waals surface area contributed by atoms with Gasteiger partial charge in [0.2, 0.25) is 0 Å². The Bertz CT molecular complexity index is 676. The number of halogens is 1. The van der Waals surface area contributed by atoms with Crippen molar-refractivity contribution in [3.8, 4) is 5.75 Å². The van der Waals surface area contributed by atoms with Gasteiger partial charge in [-0.1, -0.05) is 24.3 Å². The fourth-order valence-corrected chi connectivity index (χ4v) is 2.16. The van der Waals surface area contributed by atoms with E-state index in [1.165, 1.54) is 6.07 Å². The standard InChI is InChI=1S/C16H14FNO/c17-15-7-4-8-16-14(15)9-10-18(16)11-12-19-13-5-2-1-3-6-13/h1-10H,11-12H2. The minimum absolute atomic E-state index is 0.180. The van der Waals surface area contributed by atoms with Crippen LogP contribution >= 0.6 is 0 Å². The second-order valence-electron chi connectivity index (χ2n) is 4.34. The third kappa shape index (κ3) is 2.45. The second kappa shape index (κ2) is 5.14. The summed E-state index contributed by atoms with van der Waals surface area (Å²) in [5.74, 6) is 0.672. The molecular weight excluding hydrogens is 241 g/mol. The molecule has 2 aromatic carbocycles. The molecule has 0 unspecified atom stereocenters. The highest BCUT2D eigenvalue weighted by Crippen LogP contribution is 2.19. The minimum Gasteiger partial charge on any atom is -0.492 e. The number of nitrogens with zero attached hydrogens (tertiary/aromatic N) is 1. The number of benzene rings is 2. The molecule has 1 heterocycles. The minimum atomic E-state index is -0.180. The molecular formula is C16H14FNO. The lowest BCUT2D eigenvalue weighted by atomic mass is 10.2. The van der Waals surface area contributed by atoms with Crippen molar-refractivity contribution in [2.24, 2.45) is 0 Å². The van der Waals surface area contributed by atoms with Gasteiger partial charge in [-0.05, 0) is 30.3 Å². The first-order valence-corrected chi connectivity index (χ1v) is 6.26. The molecule has 0 atom stereocenters. The lowest BCUT2D eigenvalue weighted by Crippen LogP contribution is -2.07. The molecule has 3 aromatic rings. The summed E-state index contributed by atoms with van der Waals surface area (Å²) in [6.07, 6.45) is 1.89. The maximum absolute atomic E-state index is 13.5. The highest BCUT2D eigenvalue weighted by Gasteiger charge is 2.04. The molecule has 0 N–H and O–H groups in total. The molecule has 19 heavy (non-hydrogen) atoms. The van der Waals surface area contributed by atoms with Crippen LogP contribution in [-0.2, 0) is 6.54 Å². The molecule has 0 spiro atoms. The van der Waals surface area contributed by atoms with Crippen LogP contribution in [0.15, 0.2) is 60.8 Å². The third-order valence-corrected chi connectivity index (χ3v) is 3.10. The van der Waals surface area contributed by atoms with E-state index in [0.29, 0.717) is 18.5 Å². The van der Waals surface area contributed by atoms with E-state index in [1.54, 1.807) is 12.1 Å². The number of rotatable bonds is 4. The van der Waals surface area contributed by atoms with Crippen molar-refractivity contribution >= 4 is 10.9 Å². The van der Waals surface area contributed by atoms with Crippen molar-refractivity contribution in [3.63, 3.8) is 0 Å². The summed E-state index contributed by atoms with van der Waals surface area (Å²) < 4.78 is 21.2. The van der Waals surface area contributed by atoms with Crippen LogP contribution in [-0.4, -0.2) is 11.2 Å². The van der Waals surface area contributed by atoms with Gasteiger partial charge in [0, 0.05) is 11.6 Å². The van der Waals surface area contributed by atoms with E-state index in [-0.39, 0.29) is 5.82 Å².